The molecule has 25 heavy (non-hydrogen) atoms. The molecule has 2 aromatic heterocycles. The zero-order valence-corrected chi connectivity index (χ0v) is 16.0. The molecule has 0 saturated heterocycles. The summed E-state index contributed by atoms with van der Waals surface area (Å²) in [4.78, 5) is 8.96. The molecule has 0 saturated carbocycles. The Hall–Kier alpha value is -2.08. The molecule has 2 rings (SSSR count). The molecule has 1 atom stereocenters. The minimum atomic E-state index is 0.448. The van der Waals surface area contributed by atoms with Crippen LogP contribution in [0.25, 0.3) is 0 Å². The first-order chi connectivity index (χ1) is 12.3. The fourth-order valence-corrected chi connectivity index (χ4v) is 3.15. The Morgan fingerprint density at radius 3 is 2.80 bits per heavy atom. The Balaban J connectivity index is 1.64. The van der Waals surface area contributed by atoms with Gasteiger partial charge in [0.15, 0.2) is 5.96 Å². The Bertz CT molecular complexity index is 598. The smallest absolute Gasteiger partial charge is 0.191 e. The third-order valence-electron chi connectivity index (χ3n) is 3.85. The van der Waals surface area contributed by atoms with Crippen molar-refractivity contribution in [1.82, 2.24) is 15.6 Å². The van der Waals surface area contributed by atoms with E-state index in [-0.39, 0.29) is 0 Å². The van der Waals surface area contributed by atoms with Crippen LogP contribution in [0.2, 0.25) is 0 Å². The molecule has 6 heteroatoms. The molecule has 2 heterocycles. The first-order valence-corrected chi connectivity index (χ1v) is 9.93. The summed E-state index contributed by atoms with van der Waals surface area (Å²) in [6, 6.07) is 8.09. The molecule has 0 aromatic carbocycles. The van der Waals surface area contributed by atoms with Crippen molar-refractivity contribution in [3.05, 3.63) is 46.8 Å². The summed E-state index contributed by atoms with van der Waals surface area (Å²) in [5, 5.41) is 14.4. The van der Waals surface area contributed by atoms with E-state index in [1.165, 1.54) is 5.56 Å². The lowest BCUT2D eigenvalue weighted by Gasteiger charge is -2.13. The maximum absolute atomic E-state index is 4.71. The minimum Gasteiger partial charge on any atom is -0.370 e. The van der Waals surface area contributed by atoms with Crippen LogP contribution in [0, 0.1) is 0 Å². The van der Waals surface area contributed by atoms with Gasteiger partial charge in [-0.25, -0.2) is 4.98 Å². The van der Waals surface area contributed by atoms with Crippen LogP contribution in [-0.2, 0) is 0 Å². The van der Waals surface area contributed by atoms with Gasteiger partial charge in [-0.2, -0.15) is 11.3 Å². The van der Waals surface area contributed by atoms with Gasteiger partial charge in [0, 0.05) is 38.3 Å². The number of unbranched alkanes of at least 4 members (excludes halogenated alkanes) is 1. The largest absolute Gasteiger partial charge is 0.370 e. The van der Waals surface area contributed by atoms with E-state index >= 15 is 0 Å². The second-order valence-electron chi connectivity index (χ2n) is 5.95. The molecule has 0 aliphatic rings. The maximum atomic E-state index is 4.71. The van der Waals surface area contributed by atoms with Gasteiger partial charge >= 0.3 is 0 Å². The summed E-state index contributed by atoms with van der Waals surface area (Å²) >= 11 is 1.74. The molecule has 1 unspecified atom stereocenters. The molecule has 0 aliphatic heterocycles. The van der Waals surface area contributed by atoms with Crippen LogP contribution in [0.3, 0.4) is 0 Å². The molecular weight excluding hydrogens is 330 g/mol. The van der Waals surface area contributed by atoms with Crippen LogP contribution in [0.5, 0.6) is 0 Å². The molecule has 0 radical (unpaired) electrons. The zero-order chi connectivity index (χ0) is 17.7. The highest BCUT2D eigenvalue weighted by Crippen LogP contribution is 2.18. The van der Waals surface area contributed by atoms with E-state index in [4.69, 9.17) is 4.99 Å². The van der Waals surface area contributed by atoms with Crippen molar-refractivity contribution in [2.75, 3.05) is 31.5 Å². The summed E-state index contributed by atoms with van der Waals surface area (Å²) in [7, 11) is 0. The van der Waals surface area contributed by atoms with E-state index in [9.17, 15) is 0 Å². The Morgan fingerprint density at radius 1 is 1.20 bits per heavy atom. The summed E-state index contributed by atoms with van der Waals surface area (Å²) in [5.41, 5.74) is 1.37. The average Bonchev–Trinajstić information content (AvgIpc) is 3.18. The highest BCUT2D eigenvalue weighted by atomic mass is 32.1. The molecule has 0 spiro atoms. The number of pyridine rings is 1. The van der Waals surface area contributed by atoms with E-state index in [1.54, 1.807) is 17.5 Å². The van der Waals surface area contributed by atoms with Crippen molar-refractivity contribution in [3.63, 3.8) is 0 Å². The monoisotopic (exact) mass is 359 g/mol. The average molecular weight is 360 g/mol. The highest BCUT2D eigenvalue weighted by molar-refractivity contribution is 7.07. The predicted molar refractivity (Wildman–Crippen MR) is 109 cm³/mol. The number of anilines is 1. The van der Waals surface area contributed by atoms with Crippen LogP contribution in [0.1, 0.15) is 38.2 Å². The number of thiophene rings is 1. The maximum Gasteiger partial charge on any atom is 0.191 e. The van der Waals surface area contributed by atoms with E-state index < -0.39 is 0 Å². The summed E-state index contributed by atoms with van der Waals surface area (Å²) < 4.78 is 0. The van der Waals surface area contributed by atoms with E-state index in [1.807, 2.05) is 18.2 Å². The van der Waals surface area contributed by atoms with Gasteiger partial charge in [-0.1, -0.05) is 13.0 Å². The van der Waals surface area contributed by atoms with Gasteiger partial charge in [-0.05, 0) is 54.3 Å². The SMILES string of the molecule is CCNC(=NCC(C)c1ccsc1)NCCCCNc1ccccn1. The third kappa shape index (κ3) is 7.56. The van der Waals surface area contributed by atoms with Crippen molar-refractivity contribution >= 4 is 23.1 Å². The first kappa shape index (κ1) is 19.2. The van der Waals surface area contributed by atoms with Crippen molar-refractivity contribution in [3.8, 4) is 0 Å². The van der Waals surface area contributed by atoms with Gasteiger partial charge in [0.25, 0.3) is 0 Å². The lowest BCUT2D eigenvalue weighted by Crippen LogP contribution is -2.38. The third-order valence-corrected chi connectivity index (χ3v) is 4.55. The van der Waals surface area contributed by atoms with E-state index in [0.29, 0.717) is 5.92 Å². The van der Waals surface area contributed by atoms with Crippen LogP contribution >= 0.6 is 11.3 Å². The topological polar surface area (TPSA) is 61.3 Å². The van der Waals surface area contributed by atoms with Crippen LogP contribution < -0.4 is 16.0 Å². The van der Waals surface area contributed by atoms with Gasteiger partial charge in [-0.15, -0.1) is 0 Å². The van der Waals surface area contributed by atoms with Crippen molar-refractivity contribution in [2.24, 2.45) is 4.99 Å². The summed E-state index contributed by atoms with van der Waals surface area (Å²) in [6.45, 7) is 7.84. The van der Waals surface area contributed by atoms with E-state index in [2.05, 4.69) is 51.6 Å². The minimum absolute atomic E-state index is 0.448. The second-order valence-corrected chi connectivity index (χ2v) is 6.73. The van der Waals surface area contributed by atoms with Crippen molar-refractivity contribution < 1.29 is 0 Å². The van der Waals surface area contributed by atoms with Gasteiger partial charge in [0.1, 0.15) is 5.82 Å². The predicted octanol–water partition coefficient (Wildman–Crippen LogP) is 3.69. The van der Waals surface area contributed by atoms with Gasteiger partial charge in [0.05, 0.1) is 0 Å². The second kappa shape index (κ2) is 11.5. The molecule has 2 aromatic rings. The van der Waals surface area contributed by atoms with Crippen molar-refractivity contribution in [2.45, 2.75) is 32.6 Å². The first-order valence-electron chi connectivity index (χ1n) is 8.98. The molecule has 5 nitrogen and oxygen atoms in total. The number of hydrogen-bond donors (Lipinski definition) is 3. The number of aliphatic imine (C=N–C) groups is 1. The number of aromatic nitrogens is 1. The van der Waals surface area contributed by atoms with Crippen molar-refractivity contribution in [1.29, 1.82) is 0 Å². The normalized spacial score (nSPS) is 12.6. The highest BCUT2D eigenvalue weighted by Gasteiger charge is 2.05. The number of nitrogens with one attached hydrogen (secondary N) is 3. The Kier molecular flexibility index (Phi) is 8.83. The van der Waals surface area contributed by atoms with Gasteiger partial charge in [-0.3, -0.25) is 4.99 Å². The number of guanidine groups is 1. The molecule has 136 valence electrons. The molecule has 0 aliphatic carbocycles. The summed E-state index contributed by atoms with van der Waals surface area (Å²) in [5.74, 6) is 2.29. The molecule has 3 N–H and O–H groups in total. The fourth-order valence-electron chi connectivity index (χ4n) is 2.37. The Labute approximate surface area is 155 Å². The van der Waals surface area contributed by atoms with Gasteiger partial charge < -0.3 is 16.0 Å². The van der Waals surface area contributed by atoms with Crippen LogP contribution in [0.4, 0.5) is 5.82 Å². The lowest BCUT2D eigenvalue weighted by molar-refractivity contribution is 0.704. The fraction of sp³-hybridized carbons (Fsp3) is 0.474. The molecule has 0 bridgehead atoms. The number of hydrogen-bond acceptors (Lipinski definition) is 4. The number of rotatable bonds is 10. The lowest BCUT2D eigenvalue weighted by atomic mass is 10.1. The molecule has 0 amide bonds. The Morgan fingerprint density at radius 2 is 2.08 bits per heavy atom. The summed E-state index contributed by atoms with van der Waals surface area (Å²) in [6.07, 6.45) is 3.98. The molecule has 0 fully saturated rings. The quantitative estimate of drug-likeness (QED) is 0.344. The number of nitrogens with zero attached hydrogens (tertiary/aromatic N) is 2. The van der Waals surface area contributed by atoms with Crippen LogP contribution in [0.15, 0.2) is 46.2 Å². The standard InChI is InChI=1S/C19H29N5S/c1-3-20-19(24-14-16(2)17-9-13-25-15-17)23-12-7-6-11-22-18-8-4-5-10-21-18/h4-5,8-10,13,15-16H,3,6-7,11-12,14H2,1-2H3,(H,21,22)(H2,20,23,24). The van der Waals surface area contributed by atoms with E-state index in [0.717, 1.165) is 50.8 Å². The van der Waals surface area contributed by atoms with Crippen LogP contribution in [-0.4, -0.2) is 37.1 Å². The molecular formula is C19H29N5S. The zero-order valence-electron chi connectivity index (χ0n) is 15.2. The van der Waals surface area contributed by atoms with Gasteiger partial charge in [0.2, 0.25) is 0 Å².